The molecule has 4 atom stereocenters. The highest BCUT2D eigenvalue weighted by molar-refractivity contribution is 6.21. The fourth-order valence-corrected chi connectivity index (χ4v) is 4.82. The Morgan fingerprint density at radius 1 is 1.30 bits per heavy atom. The Kier molecular flexibility index (Phi) is 8.03. The number of halogens is 1. The minimum absolute atomic E-state index is 0.0201. The number of carbonyl (C=O) groups excluding carboxylic acids is 2. The lowest BCUT2D eigenvalue weighted by molar-refractivity contribution is -0.149. The van der Waals surface area contributed by atoms with E-state index in [1.165, 1.54) is 0 Å². The molecule has 2 amide bonds. The molecule has 0 aromatic rings. The van der Waals surface area contributed by atoms with Crippen molar-refractivity contribution in [1.82, 2.24) is 10.2 Å². The fourth-order valence-electron chi connectivity index (χ4n) is 4.54. The summed E-state index contributed by atoms with van der Waals surface area (Å²) in [6.07, 6.45) is 3.68. The first-order valence-electron chi connectivity index (χ1n) is 11.0. The number of ether oxygens (including phenoxy) is 1. The second-order valence-electron chi connectivity index (χ2n) is 10.1. The number of rotatable bonds is 6. The third kappa shape index (κ3) is 5.03. The smallest absolute Gasteiger partial charge is 0.245 e. The molecule has 1 aliphatic carbocycles. The second-order valence-corrected chi connectivity index (χ2v) is 10.6. The van der Waals surface area contributed by atoms with Gasteiger partial charge in [0.1, 0.15) is 6.04 Å². The lowest BCUT2D eigenvalue weighted by Crippen LogP contribution is -2.62. The van der Waals surface area contributed by atoms with Crippen molar-refractivity contribution in [3.8, 4) is 0 Å². The zero-order valence-corrected chi connectivity index (χ0v) is 20.3. The minimum atomic E-state index is -1.02. The predicted octanol–water partition coefficient (Wildman–Crippen LogP) is 3.12. The van der Waals surface area contributed by atoms with Crippen molar-refractivity contribution in [3.63, 3.8) is 0 Å². The summed E-state index contributed by atoms with van der Waals surface area (Å²) < 4.78 is 5.49. The van der Waals surface area contributed by atoms with E-state index in [0.717, 1.165) is 18.4 Å². The van der Waals surface area contributed by atoms with Gasteiger partial charge in [-0.05, 0) is 30.8 Å². The number of likely N-dealkylation sites (tertiary alicyclic amines) is 1. The molecule has 1 aliphatic heterocycles. The van der Waals surface area contributed by atoms with Gasteiger partial charge in [0.2, 0.25) is 11.8 Å². The van der Waals surface area contributed by atoms with Crippen molar-refractivity contribution in [1.29, 1.82) is 0 Å². The Hall–Kier alpha value is -1.11. The maximum absolute atomic E-state index is 13.3. The van der Waals surface area contributed by atoms with Crippen molar-refractivity contribution in [2.24, 2.45) is 17.3 Å². The lowest BCUT2D eigenvalue weighted by atomic mass is 9.64. The molecule has 172 valence electrons. The van der Waals surface area contributed by atoms with Crippen LogP contribution in [0.25, 0.3) is 0 Å². The summed E-state index contributed by atoms with van der Waals surface area (Å²) in [5.74, 6) is -0.404. The molecule has 1 saturated heterocycles. The SMILES string of the molecule is COC1C=C(C2(O)CCN(C(=O)[C@H](NC(=O)C(C)C)C(C)C)CC2(C)C)CCC1Cl. The van der Waals surface area contributed by atoms with Gasteiger partial charge in [0.25, 0.3) is 0 Å². The minimum Gasteiger partial charge on any atom is -0.385 e. The molecular weight excluding hydrogens is 404 g/mol. The summed E-state index contributed by atoms with van der Waals surface area (Å²) in [5.41, 5.74) is -0.614. The largest absolute Gasteiger partial charge is 0.385 e. The highest BCUT2D eigenvalue weighted by Crippen LogP contribution is 2.47. The van der Waals surface area contributed by atoms with E-state index in [1.807, 2.05) is 47.6 Å². The van der Waals surface area contributed by atoms with Gasteiger partial charge in [-0.1, -0.05) is 47.6 Å². The maximum Gasteiger partial charge on any atom is 0.245 e. The van der Waals surface area contributed by atoms with E-state index in [0.29, 0.717) is 19.5 Å². The van der Waals surface area contributed by atoms with Crippen LogP contribution in [0.3, 0.4) is 0 Å². The second kappa shape index (κ2) is 9.58. The van der Waals surface area contributed by atoms with Crippen LogP contribution in [0, 0.1) is 17.3 Å². The molecule has 30 heavy (non-hydrogen) atoms. The summed E-state index contributed by atoms with van der Waals surface area (Å²) >= 11 is 6.36. The Labute approximate surface area is 186 Å². The number of aliphatic hydroxyl groups is 1. The zero-order chi connectivity index (χ0) is 22.9. The van der Waals surface area contributed by atoms with Crippen LogP contribution < -0.4 is 5.32 Å². The number of amides is 2. The molecule has 2 aliphatic rings. The van der Waals surface area contributed by atoms with Gasteiger partial charge < -0.3 is 20.1 Å². The number of nitrogens with one attached hydrogen (secondary N) is 1. The number of alkyl halides is 1. The molecule has 2 rings (SSSR count). The first kappa shape index (κ1) is 25.2. The van der Waals surface area contributed by atoms with E-state index in [2.05, 4.69) is 5.32 Å². The van der Waals surface area contributed by atoms with Crippen LogP contribution in [0.1, 0.15) is 60.8 Å². The topological polar surface area (TPSA) is 78.9 Å². The summed E-state index contributed by atoms with van der Waals surface area (Å²) in [4.78, 5) is 27.3. The van der Waals surface area contributed by atoms with Crippen molar-refractivity contribution in [2.75, 3.05) is 20.2 Å². The third-order valence-electron chi connectivity index (χ3n) is 6.73. The molecular formula is C23H39ClN2O4. The molecule has 0 aromatic carbocycles. The van der Waals surface area contributed by atoms with E-state index in [1.54, 1.807) is 12.0 Å². The number of nitrogens with zero attached hydrogens (tertiary/aromatic N) is 1. The lowest BCUT2D eigenvalue weighted by Gasteiger charge is -2.53. The van der Waals surface area contributed by atoms with Crippen LogP contribution in [0.15, 0.2) is 11.6 Å². The molecule has 6 nitrogen and oxygen atoms in total. The molecule has 0 spiro atoms. The maximum atomic E-state index is 13.3. The van der Waals surface area contributed by atoms with Gasteiger partial charge >= 0.3 is 0 Å². The van der Waals surface area contributed by atoms with Crippen LogP contribution in [-0.4, -0.2) is 65.1 Å². The van der Waals surface area contributed by atoms with Crippen LogP contribution >= 0.6 is 11.6 Å². The molecule has 1 fully saturated rings. The average molecular weight is 443 g/mol. The standard InChI is InChI=1S/C23H39ClN2O4/c1-14(2)19(25-20(27)15(3)4)21(28)26-11-10-23(29,22(5,6)13-26)16-8-9-17(24)18(12-16)30-7/h12,14-15,17-19,29H,8-11,13H2,1-7H3,(H,25,27)/t17?,18?,19-,23?/m1/s1. The van der Waals surface area contributed by atoms with Gasteiger partial charge in [-0.15, -0.1) is 11.6 Å². The quantitative estimate of drug-likeness (QED) is 0.489. The fraction of sp³-hybridized carbons (Fsp3) is 0.826. The Bertz CT molecular complexity index is 676. The van der Waals surface area contributed by atoms with Crippen molar-refractivity contribution >= 4 is 23.4 Å². The van der Waals surface area contributed by atoms with Gasteiger partial charge in [-0.25, -0.2) is 0 Å². The van der Waals surface area contributed by atoms with Gasteiger partial charge in [0.05, 0.1) is 17.1 Å². The van der Waals surface area contributed by atoms with E-state index in [4.69, 9.17) is 16.3 Å². The summed E-state index contributed by atoms with van der Waals surface area (Å²) in [5, 5.41) is 14.5. The van der Waals surface area contributed by atoms with Gasteiger partial charge in [-0.3, -0.25) is 9.59 Å². The average Bonchev–Trinajstić information content (AvgIpc) is 2.67. The summed E-state index contributed by atoms with van der Waals surface area (Å²) in [6.45, 7) is 12.4. The van der Waals surface area contributed by atoms with E-state index >= 15 is 0 Å². The van der Waals surface area contributed by atoms with Gasteiger partial charge in [-0.2, -0.15) is 0 Å². The monoisotopic (exact) mass is 442 g/mol. The summed E-state index contributed by atoms with van der Waals surface area (Å²) in [7, 11) is 1.63. The molecule has 0 radical (unpaired) electrons. The molecule has 7 heteroatoms. The van der Waals surface area contributed by atoms with Crippen LogP contribution in [-0.2, 0) is 14.3 Å². The number of hydrogen-bond donors (Lipinski definition) is 2. The number of carbonyl (C=O) groups is 2. The Balaban J connectivity index is 2.20. The Morgan fingerprint density at radius 3 is 2.43 bits per heavy atom. The van der Waals surface area contributed by atoms with Gasteiger partial charge in [0, 0.05) is 31.5 Å². The highest BCUT2D eigenvalue weighted by Gasteiger charge is 2.52. The van der Waals surface area contributed by atoms with Crippen LogP contribution in [0.2, 0.25) is 0 Å². The van der Waals surface area contributed by atoms with Crippen molar-refractivity contribution in [2.45, 2.75) is 83.9 Å². The zero-order valence-electron chi connectivity index (χ0n) is 19.5. The number of piperidine rings is 1. The molecule has 0 saturated carbocycles. The van der Waals surface area contributed by atoms with Crippen LogP contribution in [0.4, 0.5) is 0 Å². The summed E-state index contributed by atoms with van der Waals surface area (Å²) in [6, 6.07) is -0.564. The van der Waals surface area contributed by atoms with E-state index in [-0.39, 0.29) is 35.1 Å². The molecule has 3 unspecified atom stereocenters. The molecule has 0 aromatic heterocycles. The van der Waals surface area contributed by atoms with E-state index in [9.17, 15) is 14.7 Å². The Morgan fingerprint density at radius 2 is 1.93 bits per heavy atom. The van der Waals surface area contributed by atoms with Crippen molar-refractivity contribution in [3.05, 3.63) is 11.6 Å². The van der Waals surface area contributed by atoms with Crippen molar-refractivity contribution < 1.29 is 19.4 Å². The molecule has 1 heterocycles. The molecule has 2 N–H and O–H groups in total. The molecule has 0 bridgehead atoms. The van der Waals surface area contributed by atoms with Crippen LogP contribution in [0.5, 0.6) is 0 Å². The van der Waals surface area contributed by atoms with E-state index < -0.39 is 17.1 Å². The number of hydrogen-bond acceptors (Lipinski definition) is 4. The first-order chi connectivity index (χ1) is 13.8. The van der Waals surface area contributed by atoms with Gasteiger partial charge in [0.15, 0.2) is 0 Å². The predicted molar refractivity (Wildman–Crippen MR) is 119 cm³/mol. The number of methoxy groups -OCH3 is 1. The normalized spacial score (nSPS) is 30.2. The highest BCUT2D eigenvalue weighted by atomic mass is 35.5. The first-order valence-corrected chi connectivity index (χ1v) is 11.5. The third-order valence-corrected chi connectivity index (χ3v) is 7.20.